The van der Waals surface area contributed by atoms with Crippen molar-refractivity contribution >= 4 is 16.9 Å². The van der Waals surface area contributed by atoms with Crippen molar-refractivity contribution in [1.29, 1.82) is 0 Å². The fourth-order valence-corrected chi connectivity index (χ4v) is 1.99. The fourth-order valence-electron chi connectivity index (χ4n) is 1.99. The van der Waals surface area contributed by atoms with E-state index < -0.39 is 0 Å². The molecule has 20 heavy (non-hydrogen) atoms. The van der Waals surface area contributed by atoms with E-state index in [0.717, 1.165) is 16.5 Å². The molecule has 1 aromatic carbocycles. The lowest BCUT2D eigenvalue weighted by Crippen LogP contribution is -2.42. The Kier molecular flexibility index (Phi) is 4.57. The number of carbonyl (C=O) groups excluding carboxylic acids is 1. The van der Waals surface area contributed by atoms with Gasteiger partial charge in [-0.1, -0.05) is 0 Å². The van der Waals surface area contributed by atoms with E-state index in [1.165, 1.54) is 12.1 Å². The molecule has 1 unspecified atom stereocenters. The Hall–Kier alpha value is -2.08. The Morgan fingerprint density at radius 1 is 1.50 bits per heavy atom. The lowest BCUT2D eigenvalue weighted by molar-refractivity contribution is 0.220. The zero-order chi connectivity index (χ0) is 14.5. The van der Waals surface area contributed by atoms with Gasteiger partial charge in [0, 0.05) is 23.6 Å². The van der Waals surface area contributed by atoms with Gasteiger partial charge in [0.2, 0.25) is 0 Å². The van der Waals surface area contributed by atoms with Crippen molar-refractivity contribution in [1.82, 2.24) is 15.6 Å². The molecule has 5 nitrogen and oxygen atoms in total. The summed E-state index contributed by atoms with van der Waals surface area (Å²) in [5.41, 5.74) is 1.83. The molecule has 0 saturated carbocycles. The number of benzene rings is 1. The molecule has 4 N–H and O–H groups in total. The summed E-state index contributed by atoms with van der Waals surface area (Å²) in [5.74, 6) is -0.277. The van der Waals surface area contributed by atoms with Crippen LogP contribution in [0.2, 0.25) is 0 Å². The summed E-state index contributed by atoms with van der Waals surface area (Å²) in [4.78, 5) is 14.5. The first kappa shape index (κ1) is 14.3. The summed E-state index contributed by atoms with van der Waals surface area (Å²) in [7, 11) is 0. The molecule has 6 heteroatoms. The highest BCUT2D eigenvalue weighted by atomic mass is 19.1. The normalized spacial score (nSPS) is 12.3. The number of aromatic nitrogens is 1. The van der Waals surface area contributed by atoms with Gasteiger partial charge < -0.3 is 20.7 Å². The van der Waals surface area contributed by atoms with Crippen LogP contribution in [0.1, 0.15) is 12.5 Å². The van der Waals surface area contributed by atoms with Gasteiger partial charge >= 0.3 is 6.03 Å². The molecule has 1 heterocycles. The first-order valence-corrected chi connectivity index (χ1v) is 6.51. The molecule has 0 radical (unpaired) electrons. The molecule has 0 bridgehead atoms. The highest BCUT2D eigenvalue weighted by molar-refractivity contribution is 5.83. The molecule has 108 valence electrons. The predicted octanol–water partition coefficient (Wildman–Crippen LogP) is 1.53. The minimum absolute atomic E-state index is 0.102. The van der Waals surface area contributed by atoms with Crippen LogP contribution in [0.4, 0.5) is 9.18 Å². The molecule has 1 atom stereocenters. The summed E-state index contributed by atoms with van der Waals surface area (Å²) in [5, 5.41) is 14.9. The third-order valence-electron chi connectivity index (χ3n) is 3.06. The zero-order valence-corrected chi connectivity index (χ0v) is 11.2. The van der Waals surface area contributed by atoms with Gasteiger partial charge in [-0.3, -0.25) is 0 Å². The van der Waals surface area contributed by atoms with Crippen molar-refractivity contribution in [2.24, 2.45) is 0 Å². The number of aromatic amines is 1. The third kappa shape index (κ3) is 3.48. The van der Waals surface area contributed by atoms with E-state index in [9.17, 15) is 9.18 Å². The SMILES string of the molecule is CC(CO)NC(=O)NCCc1c[nH]c2ccc(F)cc12. The predicted molar refractivity (Wildman–Crippen MR) is 75.0 cm³/mol. The van der Waals surface area contributed by atoms with Crippen molar-refractivity contribution in [3.05, 3.63) is 35.8 Å². The standard InChI is InChI=1S/C14H18FN3O2/c1-9(8-19)18-14(20)16-5-4-10-7-17-13-3-2-11(15)6-12(10)13/h2-3,6-7,9,17,19H,4-5,8H2,1H3,(H2,16,18,20). The van der Waals surface area contributed by atoms with Gasteiger partial charge in [-0.05, 0) is 37.1 Å². The van der Waals surface area contributed by atoms with E-state index in [0.29, 0.717) is 13.0 Å². The molecular weight excluding hydrogens is 261 g/mol. The first-order chi connectivity index (χ1) is 9.60. The van der Waals surface area contributed by atoms with Crippen LogP contribution in [-0.2, 0) is 6.42 Å². The molecule has 0 spiro atoms. The van der Waals surface area contributed by atoms with Crippen molar-refractivity contribution in [3.8, 4) is 0 Å². The number of rotatable bonds is 5. The van der Waals surface area contributed by atoms with E-state index in [4.69, 9.17) is 5.11 Å². The maximum atomic E-state index is 13.2. The third-order valence-corrected chi connectivity index (χ3v) is 3.06. The Labute approximate surface area is 116 Å². The number of aliphatic hydroxyl groups excluding tert-OH is 1. The van der Waals surface area contributed by atoms with Crippen molar-refractivity contribution in [2.75, 3.05) is 13.2 Å². The van der Waals surface area contributed by atoms with Crippen LogP contribution >= 0.6 is 0 Å². The molecular formula is C14H18FN3O2. The summed E-state index contributed by atoms with van der Waals surface area (Å²) in [6, 6.07) is 3.98. The van der Waals surface area contributed by atoms with Gasteiger partial charge in [-0.15, -0.1) is 0 Å². The summed E-state index contributed by atoms with van der Waals surface area (Å²) in [6.45, 7) is 2.05. The van der Waals surface area contributed by atoms with Crippen LogP contribution in [0.25, 0.3) is 10.9 Å². The van der Waals surface area contributed by atoms with Crippen LogP contribution in [-0.4, -0.2) is 35.3 Å². The minimum atomic E-state index is -0.322. The Morgan fingerprint density at radius 3 is 3.05 bits per heavy atom. The lowest BCUT2D eigenvalue weighted by atomic mass is 10.1. The van der Waals surface area contributed by atoms with E-state index in [1.54, 1.807) is 13.0 Å². The molecule has 0 aliphatic carbocycles. The molecule has 0 aliphatic rings. The molecule has 0 saturated heterocycles. The highest BCUT2D eigenvalue weighted by Gasteiger charge is 2.07. The Bertz CT molecular complexity index is 597. The van der Waals surface area contributed by atoms with Gasteiger partial charge in [0.25, 0.3) is 0 Å². The smallest absolute Gasteiger partial charge is 0.315 e. The van der Waals surface area contributed by atoms with Crippen molar-refractivity contribution < 1.29 is 14.3 Å². The molecule has 2 aromatic rings. The van der Waals surface area contributed by atoms with E-state index in [2.05, 4.69) is 15.6 Å². The summed E-state index contributed by atoms with van der Waals surface area (Å²) < 4.78 is 13.2. The number of fused-ring (bicyclic) bond motifs is 1. The second-order valence-electron chi connectivity index (χ2n) is 4.74. The van der Waals surface area contributed by atoms with Gasteiger partial charge in [-0.2, -0.15) is 0 Å². The summed E-state index contributed by atoms with van der Waals surface area (Å²) >= 11 is 0. The largest absolute Gasteiger partial charge is 0.394 e. The highest BCUT2D eigenvalue weighted by Crippen LogP contribution is 2.19. The number of amides is 2. The number of urea groups is 1. The van der Waals surface area contributed by atoms with Crippen LogP contribution in [0.5, 0.6) is 0 Å². The van der Waals surface area contributed by atoms with Gasteiger partial charge in [0.1, 0.15) is 5.82 Å². The quantitative estimate of drug-likeness (QED) is 0.670. The topological polar surface area (TPSA) is 77.2 Å². The van der Waals surface area contributed by atoms with Crippen LogP contribution in [0, 0.1) is 5.82 Å². The Balaban J connectivity index is 1.90. The number of H-pyrrole nitrogens is 1. The van der Waals surface area contributed by atoms with Crippen LogP contribution in [0.3, 0.4) is 0 Å². The minimum Gasteiger partial charge on any atom is -0.394 e. The maximum Gasteiger partial charge on any atom is 0.315 e. The van der Waals surface area contributed by atoms with Crippen LogP contribution < -0.4 is 10.6 Å². The molecule has 2 amide bonds. The fraction of sp³-hybridized carbons (Fsp3) is 0.357. The van der Waals surface area contributed by atoms with Crippen LogP contribution in [0.15, 0.2) is 24.4 Å². The number of carbonyl (C=O) groups is 1. The van der Waals surface area contributed by atoms with E-state index in [1.807, 2.05) is 6.20 Å². The second-order valence-corrected chi connectivity index (χ2v) is 4.74. The van der Waals surface area contributed by atoms with E-state index in [-0.39, 0.29) is 24.5 Å². The zero-order valence-electron chi connectivity index (χ0n) is 11.2. The van der Waals surface area contributed by atoms with Crippen molar-refractivity contribution in [3.63, 3.8) is 0 Å². The molecule has 0 aliphatic heterocycles. The summed E-state index contributed by atoms with van der Waals surface area (Å²) in [6.07, 6.45) is 2.42. The average Bonchev–Trinajstić information content (AvgIpc) is 2.81. The van der Waals surface area contributed by atoms with E-state index >= 15 is 0 Å². The molecule has 1 aromatic heterocycles. The van der Waals surface area contributed by atoms with Gasteiger partial charge in [-0.25, -0.2) is 9.18 Å². The van der Waals surface area contributed by atoms with Gasteiger partial charge in [0.15, 0.2) is 0 Å². The molecule has 2 rings (SSSR count). The number of aliphatic hydroxyl groups is 1. The second kappa shape index (κ2) is 6.38. The maximum absolute atomic E-state index is 13.2. The van der Waals surface area contributed by atoms with Gasteiger partial charge in [0.05, 0.1) is 12.6 Å². The molecule has 0 fully saturated rings. The average molecular weight is 279 g/mol. The van der Waals surface area contributed by atoms with Crippen molar-refractivity contribution in [2.45, 2.75) is 19.4 Å². The number of hydrogen-bond donors (Lipinski definition) is 4. The lowest BCUT2D eigenvalue weighted by Gasteiger charge is -2.11. The number of hydrogen-bond acceptors (Lipinski definition) is 2. The number of halogens is 1. The number of nitrogens with one attached hydrogen (secondary N) is 3. The monoisotopic (exact) mass is 279 g/mol. The Morgan fingerprint density at radius 2 is 2.30 bits per heavy atom. The first-order valence-electron chi connectivity index (χ1n) is 6.51.